The molecule has 0 aliphatic rings. The quantitative estimate of drug-likeness (QED) is 0.692. The first-order valence-corrected chi connectivity index (χ1v) is 8.79. The monoisotopic (exact) mass is 374 g/mol. The molecule has 0 saturated carbocycles. The number of carbonyl (C=O) groups excluding carboxylic acids is 1. The van der Waals surface area contributed by atoms with Crippen LogP contribution in [-0.4, -0.2) is 10.9 Å². The Hall–Kier alpha value is -2.80. The Morgan fingerprint density at radius 3 is 2.73 bits per heavy atom. The maximum Gasteiger partial charge on any atom is 0.271 e. The number of thiazole rings is 1. The number of rotatable bonds is 6. The number of nitrogens with one attached hydrogen (secondary N) is 1. The van der Waals surface area contributed by atoms with E-state index in [1.165, 1.54) is 17.4 Å². The van der Waals surface area contributed by atoms with E-state index >= 15 is 0 Å². The summed E-state index contributed by atoms with van der Waals surface area (Å²) >= 11 is 1.24. The van der Waals surface area contributed by atoms with Gasteiger partial charge in [0.1, 0.15) is 23.1 Å². The van der Waals surface area contributed by atoms with Crippen LogP contribution in [0.15, 0.2) is 53.9 Å². The van der Waals surface area contributed by atoms with Gasteiger partial charge < -0.3 is 10.1 Å². The first-order chi connectivity index (χ1) is 12.5. The molecule has 3 rings (SSSR count). The largest absolute Gasteiger partial charge is 0.483 e. The van der Waals surface area contributed by atoms with Gasteiger partial charge in [0.05, 0.1) is 6.04 Å². The van der Waals surface area contributed by atoms with Crippen LogP contribution in [0, 0.1) is 11.6 Å². The Labute approximate surface area is 153 Å². The molecule has 26 heavy (non-hydrogen) atoms. The molecule has 1 atom stereocenters. The average Bonchev–Trinajstić information content (AvgIpc) is 3.11. The van der Waals surface area contributed by atoms with Gasteiger partial charge in [-0.2, -0.15) is 0 Å². The lowest BCUT2D eigenvalue weighted by Gasteiger charge is -2.13. The highest BCUT2D eigenvalue weighted by molar-refractivity contribution is 7.09. The van der Waals surface area contributed by atoms with Gasteiger partial charge in [0, 0.05) is 11.4 Å². The molecule has 1 amide bonds. The van der Waals surface area contributed by atoms with Crippen molar-refractivity contribution in [3.05, 3.63) is 81.8 Å². The topological polar surface area (TPSA) is 51.2 Å². The van der Waals surface area contributed by atoms with Crippen LogP contribution in [0.5, 0.6) is 5.75 Å². The van der Waals surface area contributed by atoms with E-state index in [0.717, 1.165) is 17.7 Å². The number of nitrogens with zero attached hydrogens (tertiary/aromatic N) is 1. The van der Waals surface area contributed by atoms with Crippen LogP contribution in [0.1, 0.15) is 34.0 Å². The molecule has 1 aromatic heterocycles. The Morgan fingerprint density at radius 2 is 2.00 bits per heavy atom. The minimum absolute atomic E-state index is 0.00522. The lowest BCUT2D eigenvalue weighted by molar-refractivity contribution is 0.0935. The normalized spacial score (nSPS) is 11.8. The fourth-order valence-electron chi connectivity index (χ4n) is 2.31. The number of hydrogen-bond donors (Lipinski definition) is 1. The van der Waals surface area contributed by atoms with Crippen molar-refractivity contribution in [3.63, 3.8) is 0 Å². The molecule has 3 aromatic rings. The Balaban J connectivity index is 1.59. The van der Waals surface area contributed by atoms with Crippen molar-refractivity contribution in [1.29, 1.82) is 0 Å². The second kappa shape index (κ2) is 8.05. The van der Waals surface area contributed by atoms with Gasteiger partial charge in [0.15, 0.2) is 11.6 Å². The summed E-state index contributed by atoms with van der Waals surface area (Å²) in [5.41, 5.74) is 1.27. The molecule has 0 aliphatic heterocycles. The van der Waals surface area contributed by atoms with Crippen LogP contribution in [0.3, 0.4) is 0 Å². The fraction of sp³-hybridized carbons (Fsp3) is 0.158. The van der Waals surface area contributed by atoms with Crippen LogP contribution in [0.25, 0.3) is 0 Å². The van der Waals surface area contributed by atoms with Gasteiger partial charge in [-0.1, -0.05) is 30.3 Å². The van der Waals surface area contributed by atoms with E-state index in [0.29, 0.717) is 5.01 Å². The highest BCUT2D eigenvalue weighted by Gasteiger charge is 2.15. The van der Waals surface area contributed by atoms with E-state index in [-0.39, 0.29) is 30.0 Å². The molecule has 0 fully saturated rings. The van der Waals surface area contributed by atoms with Crippen molar-refractivity contribution in [1.82, 2.24) is 10.3 Å². The first kappa shape index (κ1) is 18.0. The standard InChI is InChI=1S/C19H16F2N2O2S/c1-12(13-5-3-2-4-6-13)22-19(24)16-11-26-18(23-16)10-25-17-8-7-14(20)9-15(17)21/h2-9,11-12H,10H2,1H3,(H,22,24)/t12-/m1/s1. The van der Waals surface area contributed by atoms with E-state index < -0.39 is 11.6 Å². The lowest BCUT2D eigenvalue weighted by atomic mass is 10.1. The summed E-state index contributed by atoms with van der Waals surface area (Å²) in [7, 11) is 0. The van der Waals surface area contributed by atoms with Crippen LogP contribution in [-0.2, 0) is 6.61 Å². The molecule has 0 radical (unpaired) electrons. The molecular formula is C19H16F2N2O2S. The van der Waals surface area contributed by atoms with Gasteiger partial charge in [0.25, 0.3) is 5.91 Å². The molecule has 1 heterocycles. The fourth-order valence-corrected chi connectivity index (χ4v) is 2.99. The highest BCUT2D eigenvalue weighted by Crippen LogP contribution is 2.20. The van der Waals surface area contributed by atoms with E-state index in [4.69, 9.17) is 4.74 Å². The van der Waals surface area contributed by atoms with Gasteiger partial charge in [-0.3, -0.25) is 4.79 Å². The van der Waals surface area contributed by atoms with E-state index in [9.17, 15) is 13.6 Å². The van der Waals surface area contributed by atoms with Crippen LogP contribution in [0.4, 0.5) is 8.78 Å². The molecule has 0 saturated heterocycles. The molecule has 0 spiro atoms. The van der Waals surface area contributed by atoms with Gasteiger partial charge in [-0.15, -0.1) is 11.3 Å². The predicted molar refractivity (Wildman–Crippen MR) is 95.1 cm³/mol. The minimum Gasteiger partial charge on any atom is -0.483 e. The maximum atomic E-state index is 13.5. The number of aromatic nitrogens is 1. The third kappa shape index (κ3) is 4.43. The predicted octanol–water partition coefficient (Wildman–Crippen LogP) is 4.49. The summed E-state index contributed by atoms with van der Waals surface area (Å²) in [6.07, 6.45) is 0. The van der Waals surface area contributed by atoms with Crippen LogP contribution >= 0.6 is 11.3 Å². The van der Waals surface area contributed by atoms with Gasteiger partial charge in [0.2, 0.25) is 0 Å². The molecule has 134 valence electrons. The summed E-state index contributed by atoms with van der Waals surface area (Å²) in [4.78, 5) is 16.5. The molecule has 1 N–H and O–H groups in total. The molecule has 0 bridgehead atoms. The minimum atomic E-state index is -0.781. The SMILES string of the molecule is C[C@@H](NC(=O)c1csc(COc2ccc(F)cc2F)n1)c1ccccc1. The Kier molecular flexibility index (Phi) is 5.58. The van der Waals surface area contributed by atoms with E-state index in [1.807, 2.05) is 37.3 Å². The first-order valence-electron chi connectivity index (χ1n) is 7.91. The Bertz CT molecular complexity index is 900. The smallest absolute Gasteiger partial charge is 0.271 e. The van der Waals surface area contributed by atoms with Crippen LogP contribution < -0.4 is 10.1 Å². The molecule has 0 aliphatic carbocycles. The zero-order valence-electron chi connectivity index (χ0n) is 13.9. The van der Waals surface area contributed by atoms with Crippen molar-refractivity contribution >= 4 is 17.2 Å². The summed E-state index contributed by atoms with van der Waals surface area (Å²) in [5.74, 6) is -1.81. The summed E-state index contributed by atoms with van der Waals surface area (Å²) in [6.45, 7) is 1.88. The maximum absolute atomic E-state index is 13.5. The molecule has 7 heteroatoms. The highest BCUT2D eigenvalue weighted by atomic mass is 32.1. The van der Waals surface area contributed by atoms with Crippen molar-refractivity contribution < 1.29 is 18.3 Å². The molecule has 0 unspecified atom stereocenters. The van der Waals surface area contributed by atoms with Crippen molar-refractivity contribution in [2.45, 2.75) is 19.6 Å². The van der Waals surface area contributed by atoms with Gasteiger partial charge in [-0.25, -0.2) is 13.8 Å². The number of carbonyl (C=O) groups is 1. The van der Waals surface area contributed by atoms with Crippen molar-refractivity contribution in [2.24, 2.45) is 0 Å². The number of benzene rings is 2. The third-order valence-corrected chi connectivity index (χ3v) is 4.50. The number of amides is 1. The van der Waals surface area contributed by atoms with Crippen molar-refractivity contribution in [2.75, 3.05) is 0 Å². The lowest BCUT2D eigenvalue weighted by Crippen LogP contribution is -2.26. The number of ether oxygens (including phenoxy) is 1. The zero-order chi connectivity index (χ0) is 18.5. The summed E-state index contributed by atoms with van der Waals surface area (Å²) in [6, 6.07) is 12.5. The number of halogens is 2. The van der Waals surface area contributed by atoms with Crippen molar-refractivity contribution in [3.8, 4) is 5.75 Å². The molecule has 2 aromatic carbocycles. The Morgan fingerprint density at radius 1 is 1.23 bits per heavy atom. The number of hydrogen-bond acceptors (Lipinski definition) is 4. The van der Waals surface area contributed by atoms with E-state index in [1.54, 1.807) is 5.38 Å². The summed E-state index contributed by atoms with van der Waals surface area (Å²) < 4.78 is 31.7. The van der Waals surface area contributed by atoms with Gasteiger partial charge in [-0.05, 0) is 24.6 Å². The second-order valence-electron chi connectivity index (χ2n) is 5.60. The molecular weight excluding hydrogens is 358 g/mol. The third-order valence-electron chi connectivity index (χ3n) is 3.68. The molecule has 4 nitrogen and oxygen atoms in total. The van der Waals surface area contributed by atoms with Crippen LogP contribution in [0.2, 0.25) is 0 Å². The van der Waals surface area contributed by atoms with E-state index in [2.05, 4.69) is 10.3 Å². The average molecular weight is 374 g/mol. The summed E-state index contributed by atoms with van der Waals surface area (Å²) in [5, 5.41) is 5.02. The zero-order valence-corrected chi connectivity index (χ0v) is 14.7. The second-order valence-corrected chi connectivity index (χ2v) is 6.54. The van der Waals surface area contributed by atoms with Gasteiger partial charge >= 0.3 is 0 Å².